The minimum atomic E-state index is 0.446. The van der Waals surface area contributed by atoms with Crippen molar-refractivity contribution in [3.63, 3.8) is 0 Å². The molecule has 21 heavy (non-hydrogen) atoms. The summed E-state index contributed by atoms with van der Waals surface area (Å²) in [5, 5.41) is 3.44. The molecule has 0 radical (unpaired) electrons. The number of para-hydroxylation sites is 1. The summed E-state index contributed by atoms with van der Waals surface area (Å²) in [5.41, 5.74) is 3.46. The minimum Gasteiger partial charge on any atom is -0.456 e. The standard InChI is InChI=1S/C18H22BrNO/c1-12(2)20-11-15-8-9-16(19)10-17(15)21-18-13(3)6-5-7-14(18)4/h5-10,12,20H,11H2,1-4H3. The van der Waals surface area contributed by atoms with Gasteiger partial charge in [0, 0.05) is 22.6 Å². The van der Waals surface area contributed by atoms with Crippen molar-refractivity contribution in [2.45, 2.75) is 40.3 Å². The molecule has 0 amide bonds. The monoisotopic (exact) mass is 347 g/mol. The van der Waals surface area contributed by atoms with Gasteiger partial charge in [-0.05, 0) is 37.1 Å². The van der Waals surface area contributed by atoms with E-state index in [1.807, 2.05) is 6.07 Å². The third-order valence-corrected chi connectivity index (χ3v) is 3.84. The van der Waals surface area contributed by atoms with Gasteiger partial charge in [-0.1, -0.05) is 54.0 Å². The predicted molar refractivity (Wildman–Crippen MR) is 92.1 cm³/mol. The van der Waals surface area contributed by atoms with Crippen LogP contribution in [0, 0.1) is 13.8 Å². The predicted octanol–water partition coefficient (Wildman–Crippen LogP) is 5.36. The molecule has 0 atom stereocenters. The first-order valence-electron chi connectivity index (χ1n) is 7.23. The molecule has 0 aliphatic carbocycles. The van der Waals surface area contributed by atoms with Crippen LogP contribution in [0.25, 0.3) is 0 Å². The Morgan fingerprint density at radius 3 is 2.38 bits per heavy atom. The molecule has 0 saturated heterocycles. The fraction of sp³-hybridized carbons (Fsp3) is 0.333. The van der Waals surface area contributed by atoms with Crippen LogP contribution in [-0.2, 0) is 6.54 Å². The van der Waals surface area contributed by atoms with Crippen LogP contribution in [0.1, 0.15) is 30.5 Å². The highest BCUT2D eigenvalue weighted by atomic mass is 79.9. The van der Waals surface area contributed by atoms with E-state index in [1.54, 1.807) is 0 Å². The van der Waals surface area contributed by atoms with Crippen molar-refractivity contribution in [3.05, 3.63) is 57.6 Å². The van der Waals surface area contributed by atoms with E-state index < -0.39 is 0 Å². The molecule has 0 fully saturated rings. The number of hydrogen-bond donors (Lipinski definition) is 1. The fourth-order valence-electron chi connectivity index (χ4n) is 2.15. The molecule has 0 aromatic heterocycles. The maximum atomic E-state index is 6.21. The van der Waals surface area contributed by atoms with Crippen molar-refractivity contribution in [1.29, 1.82) is 0 Å². The molecule has 0 spiro atoms. The summed E-state index contributed by atoms with van der Waals surface area (Å²) in [7, 11) is 0. The zero-order valence-electron chi connectivity index (χ0n) is 13.0. The second-order valence-corrected chi connectivity index (χ2v) is 6.53. The zero-order chi connectivity index (χ0) is 15.4. The maximum absolute atomic E-state index is 6.21. The van der Waals surface area contributed by atoms with Crippen LogP contribution in [0.2, 0.25) is 0 Å². The van der Waals surface area contributed by atoms with Crippen LogP contribution in [0.3, 0.4) is 0 Å². The highest BCUT2D eigenvalue weighted by Crippen LogP contribution is 2.32. The normalized spacial score (nSPS) is 11.0. The summed E-state index contributed by atoms with van der Waals surface area (Å²) >= 11 is 3.53. The number of benzene rings is 2. The first kappa shape index (κ1) is 16.1. The Labute approximate surface area is 135 Å². The number of aryl methyl sites for hydroxylation is 2. The molecule has 2 rings (SSSR count). The van der Waals surface area contributed by atoms with Crippen LogP contribution < -0.4 is 10.1 Å². The van der Waals surface area contributed by atoms with Crippen LogP contribution in [-0.4, -0.2) is 6.04 Å². The smallest absolute Gasteiger partial charge is 0.133 e. The highest BCUT2D eigenvalue weighted by Gasteiger charge is 2.10. The Morgan fingerprint density at radius 1 is 1.10 bits per heavy atom. The molecule has 0 aliphatic heterocycles. The Morgan fingerprint density at radius 2 is 1.76 bits per heavy atom. The molecule has 0 saturated carbocycles. The van der Waals surface area contributed by atoms with Gasteiger partial charge in [0.05, 0.1) is 0 Å². The zero-order valence-corrected chi connectivity index (χ0v) is 14.6. The van der Waals surface area contributed by atoms with E-state index >= 15 is 0 Å². The molecular weight excluding hydrogens is 326 g/mol. The van der Waals surface area contributed by atoms with E-state index in [0.29, 0.717) is 6.04 Å². The molecule has 2 nitrogen and oxygen atoms in total. The van der Waals surface area contributed by atoms with E-state index in [9.17, 15) is 0 Å². The fourth-order valence-corrected chi connectivity index (χ4v) is 2.49. The average molecular weight is 348 g/mol. The average Bonchev–Trinajstić information content (AvgIpc) is 2.42. The van der Waals surface area contributed by atoms with Gasteiger partial charge in [-0.2, -0.15) is 0 Å². The molecule has 0 bridgehead atoms. The molecule has 0 heterocycles. The Kier molecular flexibility index (Phi) is 5.43. The van der Waals surface area contributed by atoms with Gasteiger partial charge in [-0.3, -0.25) is 0 Å². The van der Waals surface area contributed by atoms with Gasteiger partial charge in [-0.25, -0.2) is 0 Å². The van der Waals surface area contributed by atoms with Crippen molar-refractivity contribution in [2.24, 2.45) is 0 Å². The molecular formula is C18H22BrNO. The summed E-state index contributed by atoms with van der Waals surface area (Å²) in [5.74, 6) is 1.84. The lowest BCUT2D eigenvalue weighted by Crippen LogP contribution is -2.22. The summed E-state index contributed by atoms with van der Waals surface area (Å²) in [4.78, 5) is 0. The van der Waals surface area contributed by atoms with Gasteiger partial charge >= 0.3 is 0 Å². The Bertz CT molecular complexity index is 602. The van der Waals surface area contributed by atoms with E-state index in [4.69, 9.17) is 4.74 Å². The summed E-state index contributed by atoms with van der Waals surface area (Å²) in [6.45, 7) is 9.24. The van der Waals surface area contributed by atoms with Gasteiger partial charge < -0.3 is 10.1 Å². The largest absolute Gasteiger partial charge is 0.456 e. The van der Waals surface area contributed by atoms with Gasteiger partial charge in [0.25, 0.3) is 0 Å². The Hall–Kier alpha value is -1.32. The van der Waals surface area contributed by atoms with Crippen molar-refractivity contribution < 1.29 is 4.74 Å². The first-order valence-corrected chi connectivity index (χ1v) is 8.02. The van der Waals surface area contributed by atoms with Crippen molar-refractivity contribution in [1.82, 2.24) is 5.32 Å². The summed E-state index contributed by atoms with van der Waals surface area (Å²) in [6, 6.07) is 12.8. The lowest BCUT2D eigenvalue weighted by Gasteiger charge is -2.16. The summed E-state index contributed by atoms with van der Waals surface area (Å²) < 4.78 is 7.24. The number of halogens is 1. The molecule has 0 unspecified atom stereocenters. The topological polar surface area (TPSA) is 21.3 Å². The number of ether oxygens (including phenoxy) is 1. The minimum absolute atomic E-state index is 0.446. The maximum Gasteiger partial charge on any atom is 0.133 e. The molecule has 3 heteroatoms. The van der Waals surface area contributed by atoms with Crippen molar-refractivity contribution >= 4 is 15.9 Å². The molecule has 2 aromatic rings. The van der Waals surface area contributed by atoms with Gasteiger partial charge in [0.2, 0.25) is 0 Å². The van der Waals surface area contributed by atoms with Crippen LogP contribution in [0.5, 0.6) is 11.5 Å². The van der Waals surface area contributed by atoms with Gasteiger partial charge in [-0.15, -0.1) is 0 Å². The van der Waals surface area contributed by atoms with Gasteiger partial charge in [0.15, 0.2) is 0 Å². The van der Waals surface area contributed by atoms with E-state index in [2.05, 4.69) is 79.3 Å². The third kappa shape index (κ3) is 4.32. The first-order chi connectivity index (χ1) is 9.97. The van der Waals surface area contributed by atoms with Crippen molar-refractivity contribution in [2.75, 3.05) is 0 Å². The lowest BCUT2D eigenvalue weighted by atomic mass is 10.1. The van der Waals surface area contributed by atoms with Crippen LogP contribution in [0.15, 0.2) is 40.9 Å². The molecule has 112 valence electrons. The van der Waals surface area contributed by atoms with Crippen molar-refractivity contribution in [3.8, 4) is 11.5 Å². The number of rotatable bonds is 5. The lowest BCUT2D eigenvalue weighted by molar-refractivity contribution is 0.462. The Balaban J connectivity index is 2.32. The van der Waals surface area contributed by atoms with Crippen LogP contribution in [0.4, 0.5) is 0 Å². The molecule has 2 aromatic carbocycles. The van der Waals surface area contributed by atoms with Gasteiger partial charge in [0.1, 0.15) is 11.5 Å². The van der Waals surface area contributed by atoms with E-state index in [-0.39, 0.29) is 0 Å². The number of hydrogen-bond acceptors (Lipinski definition) is 2. The third-order valence-electron chi connectivity index (χ3n) is 3.35. The highest BCUT2D eigenvalue weighted by molar-refractivity contribution is 9.10. The quantitative estimate of drug-likeness (QED) is 0.786. The molecule has 0 aliphatic rings. The number of nitrogens with one attached hydrogen (secondary N) is 1. The molecule has 1 N–H and O–H groups in total. The van der Waals surface area contributed by atoms with Crippen LogP contribution >= 0.6 is 15.9 Å². The van der Waals surface area contributed by atoms with E-state index in [1.165, 1.54) is 0 Å². The second-order valence-electron chi connectivity index (χ2n) is 5.61. The SMILES string of the molecule is Cc1cccc(C)c1Oc1cc(Br)ccc1CNC(C)C. The van der Waals surface area contributed by atoms with E-state index in [0.717, 1.165) is 39.2 Å². The summed E-state index contributed by atoms with van der Waals surface area (Å²) in [6.07, 6.45) is 0. The second kappa shape index (κ2) is 7.10.